The van der Waals surface area contributed by atoms with E-state index >= 15 is 0 Å². The molecule has 3 N–H and O–H groups in total. The zero-order valence-corrected chi connectivity index (χ0v) is 47.3. The predicted octanol–water partition coefficient (Wildman–Crippen LogP) is 19.8. The van der Waals surface area contributed by atoms with Gasteiger partial charge in [-0.15, -0.1) is 0 Å². The van der Waals surface area contributed by atoms with Crippen molar-refractivity contribution in [2.24, 2.45) is 0 Å². The summed E-state index contributed by atoms with van der Waals surface area (Å²) in [6.45, 7) is 4.91. The molecule has 0 fully saturated rings. The van der Waals surface area contributed by atoms with Crippen molar-refractivity contribution in [3.05, 3.63) is 24.3 Å². The number of ether oxygens (including phenoxy) is 1. The lowest BCUT2D eigenvalue weighted by molar-refractivity contribution is -0.143. The lowest BCUT2D eigenvalue weighted by Gasteiger charge is -2.20. The molecule has 0 heterocycles. The Bertz CT molecular complexity index is 1090. The highest BCUT2D eigenvalue weighted by Gasteiger charge is 2.18. The average molecular weight is 987 g/mol. The highest BCUT2D eigenvalue weighted by molar-refractivity contribution is 5.76. The van der Waals surface area contributed by atoms with Crippen molar-refractivity contribution < 1.29 is 24.5 Å². The molecule has 6 nitrogen and oxygen atoms in total. The van der Waals surface area contributed by atoms with E-state index in [2.05, 4.69) is 31.3 Å². The van der Waals surface area contributed by atoms with Crippen LogP contribution in [0, 0.1) is 0 Å². The van der Waals surface area contributed by atoms with E-state index in [9.17, 15) is 19.8 Å². The highest BCUT2D eigenvalue weighted by atomic mass is 16.5. The maximum atomic E-state index is 12.5. The van der Waals surface area contributed by atoms with Gasteiger partial charge in [-0.2, -0.15) is 0 Å². The van der Waals surface area contributed by atoms with Crippen LogP contribution >= 0.6 is 0 Å². The number of aliphatic hydroxyl groups excluding tert-OH is 2. The van der Waals surface area contributed by atoms with Gasteiger partial charge in [0, 0.05) is 12.8 Å². The summed E-state index contributed by atoms with van der Waals surface area (Å²) in [5.41, 5.74) is 0. The summed E-state index contributed by atoms with van der Waals surface area (Å²) in [7, 11) is 0. The lowest BCUT2D eigenvalue weighted by atomic mass is 10.0. The number of hydrogen-bond donors (Lipinski definition) is 3. The number of unbranched alkanes of at least 4 members (excludes halogenated alkanes) is 46. The molecule has 0 aliphatic heterocycles. The predicted molar refractivity (Wildman–Crippen MR) is 306 cm³/mol. The first-order valence-corrected chi connectivity index (χ1v) is 31.6. The molecule has 0 aromatic rings. The topological polar surface area (TPSA) is 95.9 Å². The van der Waals surface area contributed by atoms with E-state index in [1.165, 1.54) is 276 Å². The smallest absolute Gasteiger partial charge is 0.305 e. The molecule has 1 amide bonds. The van der Waals surface area contributed by atoms with Gasteiger partial charge in [0.2, 0.25) is 5.91 Å². The van der Waals surface area contributed by atoms with Crippen LogP contribution in [0.15, 0.2) is 24.3 Å². The number of carbonyl (C=O) groups excluding carboxylic acids is 2. The summed E-state index contributed by atoms with van der Waals surface area (Å²) < 4.78 is 5.48. The van der Waals surface area contributed by atoms with Gasteiger partial charge >= 0.3 is 5.97 Å². The molecule has 0 saturated carbocycles. The van der Waals surface area contributed by atoms with Crippen molar-refractivity contribution in [2.75, 3.05) is 13.2 Å². The Morgan fingerprint density at radius 1 is 0.386 bits per heavy atom. The summed E-state index contributed by atoms with van der Waals surface area (Å²) in [6.07, 6.45) is 73.6. The molecule has 6 heteroatoms. The largest absolute Gasteiger partial charge is 0.466 e. The van der Waals surface area contributed by atoms with Crippen molar-refractivity contribution in [1.29, 1.82) is 0 Å². The fraction of sp³-hybridized carbons (Fsp3) is 0.906. The molecule has 0 bridgehead atoms. The zero-order chi connectivity index (χ0) is 50.7. The number of aliphatic hydroxyl groups is 2. The van der Waals surface area contributed by atoms with Gasteiger partial charge in [0.15, 0.2) is 0 Å². The third kappa shape index (κ3) is 55.7. The molecule has 0 rings (SSSR count). The molecule has 0 radical (unpaired) electrons. The molecule has 0 spiro atoms. The Labute approximate surface area is 437 Å². The van der Waals surface area contributed by atoms with Crippen LogP contribution in [0.4, 0.5) is 0 Å². The first-order chi connectivity index (χ1) is 34.5. The number of allylic oxidation sites excluding steroid dienone is 3. The Hall–Kier alpha value is -1.66. The van der Waals surface area contributed by atoms with Crippen molar-refractivity contribution in [3.63, 3.8) is 0 Å². The van der Waals surface area contributed by atoms with Gasteiger partial charge in [-0.25, -0.2) is 0 Å². The van der Waals surface area contributed by atoms with E-state index in [4.69, 9.17) is 4.74 Å². The van der Waals surface area contributed by atoms with Crippen molar-refractivity contribution in [1.82, 2.24) is 5.32 Å². The molecule has 2 atom stereocenters. The molecule has 0 aromatic carbocycles. The van der Waals surface area contributed by atoms with Gasteiger partial charge in [0.1, 0.15) is 0 Å². The lowest BCUT2D eigenvalue weighted by Crippen LogP contribution is -2.45. The summed E-state index contributed by atoms with van der Waals surface area (Å²) in [5, 5.41) is 23.2. The number of amides is 1. The molecule has 0 aliphatic rings. The van der Waals surface area contributed by atoms with Crippen LogP contribution in [0.5, 0.6) is 0 Å². The highest BCUT2D eigenvalue weighted by Crippen LogP contribution is 2.18. The molecule has 0 aliphatic carbocycles. The van der Waals surface area contributed by atoms with E-state index in [0.717, 1.165) is 44.9 Å². The molecular formula is C64H123NO5. The summed E-state index contributed by atoms with van der Waals surface area (Å²) >= 11 is 0. The van der Waals surface area contributed by atoms with Crippen molar-refractivity contribution in [2.45, 2.75) is 360 Å². The van der Waals surface area contributed by atoms with Crippen molar-refractivity contribution >= 4 is 11.9 Å². The Balaban J connectivity index is 3.44. The van der Waals surface area contributed by atoms with Gasteiger partial charge < -0.3 is 20.3 Å². The van der Waals surface area contributed by atoms with Crippen LogP contribution in [0.2, 0.25) is 0 Å². The Morgan fingerprint density at radius 3 is 1.01 bits per heavy atom. The number of esters is 1. The van der Waals surface area contributed by atoms with E-state index in [1.54, 1.807) is 6.08 Å². The summed E-state index contributed by atoms with van der Waals surface area (Å²) in [6, 6.07) is -0.632. The minimum absolute atomic E-state index is 0.000828. The second-order valence-corrected chi connectivity index (χ2v) is 21.7. The van der Waals surface area contributed by atoms with Gasteiger partial charge in [-0.3, -0.25) is 9.59 Å². The minimum atomic E-state index is -0.848. The second kappa shape index (κ2) is 59.9. The first-order valence-electron chi connectivity index (χ1n) is 31.6. The van der Waals surface area contributed by atoms with Crippen LogP contribution in [0.25, 0.3) is 0 Å². The van der Waals surface area contributed by atoms with Crippen molar-refractivity contribution in [3.8, 4) is 0 Å². The minimum Gasteiger partial charge on any atom is -0.466 e. The maximum absolute atomic E-state index is 12.5. The molecule has 414 valence electrons. The van der Waals surface area contributed by atoms with Gasteiger partial charge in [0.25, 0.3) is 0 Å². The molecular weight excluding hydrogens is 863 g/mol. The third-order valence-electron chi connectivity index (χ3n) is 14.7. The standard InChI is InChI=1S/C64H123NO5/c1-3-5-7-9-11-13-15-17-19-20-21-22-25-29-32-36-40-44-48-52-56-62(67)61(60-66)65-63(68)57-53-49-45-41-37-33-30-26-23-24-27-31-35-39-43-47-51-55-59-70-64(69)58-54-50-46-42-38-34-28-18-16-14-12-10-8-6-4-2/h18,28,52,56,61-62,66-67H,3-17,19-27,29-51,53-55,57-60H2,1-2H3,(H,65,68)/b28-18-,56-52+. The van der Waals surface area contributed by atoms with Crippen LogP contribution in [-0.4, -0.2) is 47.4 Å². The van der Waals surface area contributed by atoms with E-state index in [-0.39, 0.29) is 18.5 Å². The quantitative estimate of drug-likeness (QED) is 0.0321. The number of nitrogens with one attached hydrogen (secondary N) is 1. The van der Waals surface area contributed by atoms with Crippen LogP contribution in [-0.2, 0) is 14.3 Å². The molecule has 2 unspecified atom stereocenters. The first kappa shape index (κ1) is 68.3. The summed E-state index contributed by atoms with van der Waals surface area (Å²) in [5.74, 6) is -0.0699. The molecule has 0 saturated heterocycles. The summed E-state index contributed by atoms with van der Waals surface area (Å²) in [4.78, 5) is 24.6. The van der Waals surface area contributed by atoms with E-state index in [1.807, 2.05) is 6.08 Å². The maximum Gasteiger partial charge on any atom is 0.305 e. The van der Waals surface area contributed by atoms with Gasteiger partial charge in [-0.05, 0) is 57.8 Å². The molecule has 70 heavy (non-hydrogen) atoms. The monoisotopic (exact) mass is 986 g/mol. The SMILES string of the molecule is CCCCCCCC/C=C\CCCCCCCC(=O)OCCCCCCCCCCCCCCCCCCCCC(=O)NC(CO)C(O)/C=C/CCCCCCCCCCCCCCCCCCCC. The van der Waals surface area contributed by atoms with Crippen LogP contribution in [0.3, 0.4) is 0 Å². The van der Waals surface area contributed by atoms with Gasteiger partial charge in [-0.1, -0.05) is 301 Å². The second-order valence-electron chi connectivity index (χ2n) is 21.7. The number of rotatable bonds is 59. The fourth-order valence-corrected chi connectivity index (χ4v) is 9.87. The van der Waals surface area contributed by atoms with E-state index < -0.39 is 12.1 Å². The fourth-order valence-electron chi connectivity index (χ4n) is 9.87. The third-order valence-corrected chi connectivity index (χ3v) is 14.7. The van der Waals surface area contributed by atoms with E-state index in [0.29, 0.717) is 19.4 Å². The Morgan fingerprint density at radius 2 is 0.671 bits per heavy atom. The zero-order valence-electron chi connectivity index (χ0n) is 47.3. The molecule has 0 aromatic heterocycles. The van der Waals surface area contributed by atoms with Gasteiger partial charge in [0.05, 0.1) is 25.4 Å². The van der Waals surface area contributed by atoms with Crippen LogP contribution < -0.4 is 5.32 Å². The normalized spacial score (nSPS) is 12.7. The number of carbonyl (C=O) groups is 2. The Kier molecular flexibility index (Phi) is 58.5. The number of hydrogen-bond acceptors (Lipinski definition) is 5. The average Bonchev–Trinajstić information content (AvgIpc) is 3.36. The van der Waals surface area contributed by atoms with Crippen LogP contribution in [0.1, 0.15) is 348 Å².